The molecule has 0 radical (unpaired) electrons. The minimum Gasteiger partial charge on any atom is -0.340 e. The van der Waals surface area contributed by atoms with Crippen molar-refractivity contribution in [2.24, 2.45) is 0 Å². The van der Waals surface area contributed by atoms with Crippen LogP contribution in [0, 0.1) is 0 Å². The van der Waals surface area contributed by atoms with Crippen LogP contribution in [0.3, 0.4) is 0 Å². The predicted octanol–water partition coefficient (Wildman–Crippen LogP) is 5.42. The van der Waals surface area contributed by atoms with E-state index in [0.717, 1.165) is 21.2 Å². The normalized spacial score (nSPS) is 12.0. The SMILES string of the molecule is O=C(NC(c1ccccc1)c1cccs1)c1ccc2ccccc2c1. The van der Waals surface area contributed by atoms with Crippen LogP contribution in [0.2, 0.25) is 0 Å². The molecule has 1 atom stereocenters. The fourth-order valence-corrected chi connectivity index (χ4v) is 3.77. The Hall–Kier alpha value is -2.91. The Balaban J connectivity index is 1.66. The fourth-order valence-electron chi connectivity index (χ4n) is 2.96. The van der Waals surface area contributed by atoms with Gasteiger partial charge in [0.15, 0.2) is 0 Å². The van der Waals surface area contributed by atoms with Gasteiger partial charge in [-0.3, -0.25) is 4.79 Å². The average molecular weight is 343 g/mol. The fraction of sp³-hybridized carbons (Fsp3) is 0.0455. The maximum Gasteiger partial charge on any atom is 0.252 e. The summed E-state index contributed by atoms with van der Waals surface area (Å²) in [6, 6.07) is 27.9. The molecule has 4 aromatic rings. The Bertz CT molecular complexity index is 993. The van der Waals surface area contributed by atoms with Gasteiger partial charge in [-0.1, -0.05) is 66.7 Å². The van der Waals surface area contributed by atoms with Gasteiger partial charge >= 0.3 is 0 Å². The molecule has 0 aliphatic carbocycles. The molecule has 1 aromatic heterocycles. The van der Waals surface area contributed by atoms with Crippen LogP contribution >= 0.6 is 11.3 Å². The smallest absolute Gasteiger partial charge is 0.252 e. The molecule has 3 heteroatoms. The lowest BCUT2D eigenvalue weighted by atomic mass is 10.0. The highest BCUT2D eigenvalue weighted by atomic mass is 32.1. The maximum atomic E-state index is 12.9. The first-order valence-corrected chi connectivity index (χ1v) is 9.07. The largest absolute Gasteiger partial charge is 0.340 e. The first-order chi connectivity index (χ1) is 12.3. The summed E-state index contributed by atoms with van der Waals surface area (Å²) in [6.45, 7) is 0. The van der Waals surface area contributed by atoms with Gasteiger partial charge in [-0.25, -0.2) is 0 Å². The van der Waals surface area contributed by atoms with Gasteiger partial charge in [-0.15, -0.1) is 11.3 Å². The summed E-state index contributed by atoms with van der Waals surface area (Å²) in [7, 11) is 0. The summed E-state index contributed by atoms with van der Waals surface area (Å²) in [6.07, 6.45) is 0. The molecule has 1 heterocycles. The van der Waals surface area contributed by atoms with Gasteiger partial charge in [0.2, 0.25) is 0 Å². The third-order valence-corrected chi connectivity index (χ3v) is 5.18. The number of carbonyl (C=O) groups is 1. The van der Waals surface area contributed by atoms with Crippen molar-refractivity contribution in [2.45, 2.75) is 6.04 Å². The van der Waals surface area contributed by atoms with Crippen molar-refractivity contribution in [3.05, 3.63) is 106 Å². The number of carbonyl (C=O) groups excluding carboxylic acids is 1. The number of benzene rings is 3. The summed E-state index contributed by atoms with van der Waals surface area (Å²) in [5.74, 6) is -0.0620. The summed E-state index contributed by atoms with van der Waals surface area (Å²) < 4.78 is 0. The summed E-state index contributed by atoms with van der Waals surface area (Å²) >= 11 is 1.65. The van der Waals surface area contributed by atoms with Crippen molar-refractivity contribution in [3.63, 3.8) is 0 Å². The monoisotopic (exact) mass is 343 g/mol. The van der Waals surface area contributed by atoms with E-state index in [2.05, 4.69) is 17.4 Å². The lowest BCUT2D eigenvalue weighted by Gasteiger charge is -2.18. The second-order valence-electron chi connectivity index (χ2n) is 5.89. The highest BCUT2D eigenvalue weighted by Crippen LogP contribution is 2.26. The highest BCUT2D eigenvalue weighted by Gasteiger charge is 2.18. The molecular weight excluding hydrogens is 326 g/mol. The summed E-state index contributed by atoms with van der Waals surface area (Å²) in [4.78, 5) is 14.0. The first kappa shape index (κ1) is 15.6. The Labute approximate surface area is 150 Å². The standard InChI is InChI=1S/C22H17NOS/c24-22(19-13-12-16-7-4-5-10-18(16)15-19)23-21(20-11-6-14-25-20)17-8-2-1-3-9-17/h1-15,21H,(H,23,24). The van der Waals surface area contributed by atoms with Crippen LogP contribution in [0.1, 0.15) is 26.8 Å². The van der Waals surface area contributed by atoms with Crippen molar-refractivity contribution in [2.75, 3.05) is 0 Å². The zero-order chi connectivity index (χ0) is 17.1. The van der Waals surface area contributed by atoms with E-state index in [1.54, 1.807) is 11.3 Å². The molecule has 25 heavy (non-hydrogen) atoms. The number of amides is 1. The van der Waals surface area contributed by atoms with Crippen molar-refractivity contribution in [1.29, 1.82) is 0 Å². The number of hydrogen-bond acceptors (Lipinski definition) is 2. The van der Waals surface area contributed by atoms with Crippen molar-refractivity contribution in [3.8, 4) is 0 Å². The third kappa shape index (κ3) is 3.32. The molecule has 4 rings (SSSR count). The Morgan fingerprint density at radius 2 is 1.56 bits per heavy atom. The molecule has 1 N–H and O–H groups in total. The van der Waals surface area contributed by atoms with E-state index >= 15 is 0 Å². The zero-order valence-electron chi connectivity index (χ0n) is 13.6. The second kappa shape index (κ2) is 6.91. The third-order valence-electron chi connectivity index (χ3n) is 4.25. The first-order valence-electron chi connectivity index (χ1n) is 8.19. The molecule has 0 fully saturated rings. The molecule has 0 saturated heterocycles. The van der Waals surface area contributed by atoms with Gasteiger partial charge < -0.3 is 5.32 Å². The molecule has 0 bridgehead atoms. The molecule has 0 aliphatic heterocycles. The average Bonchev–Trinajstić information content (AvgIpc) is 3.20. The topological polar surface area (TPSA) is 29.1 Å². The molecule has 0 spiro atoms. The van der Waals surface area contributed by atoms with Gasteiger partial charge in [-0.05, 0) is 39.9 Å². The summed E-state index contributed by atoms with van der Waals surface area (Å²) in [5, 5.41) is 7.43. The van der Waals surface area contributed by atoms with Crippen molar-refractivity contribution in [1.82, 2.24) is 5.32 Å². The zero-order valence-corrected chi connectivity index (χ0v) is 14.4. The highest BCUT2D eigenvalue weighted by molar-refractivity contribution is 7.10. The van der Waals surface area contributed by atoms with Gasteiger partial charge in [-0.2, -0.15) is 0 Å². The molecule has 0 saturated carbocycles. The molecule has 1 amide bonds. The molecule has 122 valence electrons. The summed E-state index contributed by atoms with van der Waals surface area (Å²) in [5.41, 5.74) is 1.76. The van der Waals surface area contributed by atoms with E-state index in [4.69, 9.17) is 0 Å². The van der Waals surface area contributed by atoms with Crippen LogP contribution in [0.15, 0.2) is 90.3 Å². The van der Waals surface area contributed by atoms with Crippen molar-refractivity contribution >= 4 is 28.0 Å². The molecule has 2 nitrogen and oxygen atoms in total. The number of fused-ring (bicyclic) bond motifs is 1. The maximum absolute atomic E-state index is 12.9. The van der Waals surface area contributed by atoms with Crippen LogP contribution in [-0.4, -0.2) is 5.91 Å². The lowest BCUT2D eigenvalue weighted by Crippen LogP contribution is -2.28. The Kier molecular flexibility index (Phi) is 4.32. The van der Waals surface area contributed by atoms with E-state index < -0.39 is 0 Å². The van der Waals surface area contributed by atoms with E-state index in [1.807, 2.05) is 78.2 Å². The predicted molar refractivity (Wildman–Crippen MR) is 104 cm³/mol. The van der Waals surface area contributed by atoms with Gasteiger partial charge in [0, 0.05) is 10.4 Å². The number of hydrogen-bond donors (Lipinski definition) is 1. The van der Waals surface area contributed by atoms with Crippen LogP contribution < -0.4 is 5.32 Å². The van der Waals surface area contributed by atoms with Crippen LogP contribution in [-0.2, 0) is 0 Å². The van der Waals surface area contributed by atoms with E-state index in [9.17, 15) is 4.79 Å². The van der Waals surface area contributed by atoms with Gasteiger partial charge in [0.1, 0.15) is 0 Å². The molecular formula is C22H17NOS. The molecule has 1 unspecified atom stereocenters. The molecule has 0 aliphatic rings. The van der Waals surface area contributed by atoms with E-state index in [-0.39, 0.29) is 11.9 Å². The Morgan fingerprint density at radius 1 is 0.800 bits per heavy atom. The minimum absolute atomic E-state index is 0.0620. The van der Waals surface area contributed by atoms with E-state index in [1.165, 1.54) is 0 Å². The van der Waals surface area contributed by atoms with Gasteiger partial charge in [0.25, 0.3) is 5.91 Å². The quantitative estimate of drug-likeness (QED) is 0.526. The number of thiophene rings is 1. The lowest BCUT2D eigenvalue weighted by molar-refractivity contribution is 0.0943. The van der Waals surface area contributed by atoms with E-state index in [0.29, 0.717) is 5.56 Å². The number of rotatable bonds is 4. The van der Waals surface area contributed by atoms with Gasteiger partial charge in [0.05, 0.1) is 6.04 Å². The molecule has 3 aromatic carbocycles. The Morgan fingerprint density at radius 3 is 2.32 bits per heavy atom. The van der Waals surface area contributed by atoms with Crippen LogP contribution in [0.25, 0.3) is 10.8 Å². The van der Waals surface area contributed by atoms with Crippen LogP contribution in [0.5, 0.6) is 0 Å². The van der Waals surface area contributed by atoms with Crippen molar-refractivity contribution < 1.29 is 4.79 Å². The number of nitrogens with one attached hydrogen (secondary N) is 1. The van der Waals surface area contributed by atoms with Crippen LogP contribution in [0.4, 0.5) is 0 Å². The second-order valence-corrected chi connectivity index (χ2v) is 6.87. The minimum atomic E-state index is -0.139.